The predicted octanol–water partition coefficient (Wildman–Crippen LogP) is 5.19. The first-order valence-electron chi connectivity index (χ1n) is 14.5. The van der Waals surface area contributed by atoms with Crippen LogP contribution in [0.15, 0.2) is 182 Å². The molecule has 0 spiro atoms. The number of hydrogen-bond donors (Lipinski definition) is 0. The maximum atomic E-state index is 2.74. The maximum Gasteiger partial charge on any atom is 0.137 e. The Balaban J connectivity index is 1.86. The van der Waals surface area contributed by atoms with Crippen molar-refractivity contribution in [3.63, 3.8) is 0 Å². The van der Waals surface area contributed by atoms with E-state index in [1.54, 1.807) is 0 Å². The monoisotopic (exact) mass is 576 g/mol. The maximum absolute atomic E-state index is 2.74. The first-order chi connectivity index (χ1) is 20.1. The molecule has 6 aromatic rings. The van der Waals surface area contributed by atoms with Crippen molar-refractivity contribution in [2.24, 2.45) is 0 Å². The largest absolute Gasteiger partial charge is 0.137 e. The Kier molecular flexibility index (Phi) is 7.59. The summed E-state index contributed by atoms with van der Waals surface area (Å²) in [5.74, 6) is 0. The first kappa shape index (κ1) is 27.2. The molecule has 0 amide bonds. The van der Waals surface area contributed by atoms with E-state index in [0.29, 0.717) is 0 Å². The van der Waals surface area contributed by atoms with Gasteiger partial charge in [-0.05, 0) is 0 Å². The van der Waals surface area contributed by atoms with Crippen LogP contribution in [-0.4, -0.2) is 22.3 Å². The standard InChI is InChI=1S/C38H36Si3/c1-39(2,40(33-21-9-3-10-22-33,34-23-11-4-12-24-34)35-25-13-5-14-26-35)41(36-27-15-6-16-28-36,37-29-17-7-18-30-37)38-31-19-8-20-32-38/h3-32H,1-2H3. The second-order valence-corrected chi connectivity index (χ2v) is 34.5. The number of hydrogen-bond acceptors (Lipinski definition) is 0. The van der Waals surface area contributed by atoms with Gasteiger partial charge in [0, 0.05) is 0 Å². The highest BCUT2D eigenvalue weighted by atomic mass is 29.6. The molecule has 0 aromatic heterocycles. The van der Waals surface area contributed by atoms with Crippen LogP contribution in [0.3, 0.4) is 0 Å². The fourth-order valence-electron chi connectivity index (χ4n) is 7.58. The Hall–Kier alpha value is -4.03. The van der Waals surface area contributed by atoms with Gasteiger partial charge in [-0.3, -0.25) is 0 Å². The second-order valence-electron chi connectivity index (χ2n) is 11.3. The van der Waals surface area contributed by atoms with E-state index in [1.165, 1.54) is 31.1 Å². The Morgan fingerprint density at radius 2 is 0.390 bits per heavy atom. The van der Waals surface area contributed by atoms with Crippen molar-refractivity contribution in [1.29, 1.82) is 0 Å². The molecule has 0 radical (unpaired) electrons. The van der Waals surface area contributed by atoms with Gasteiger partial charge < -0.3 is 0 Å². The number of benzene rings is 6. The molecule has 0 aliphatic rings. The van der Waals surface area contributed by atoms with Crippen molar-refractivity contribution in [2.75, 3.05) is 0 Å². The van der Waals surface area contributed by atoms with Crippen molar-refractivity contribution >= 4 is 53.4 Å². The lowest BCUT2D eigenvalue weighted by molar-refractivity contribution is 1.67. The van der Waals surface area contributed by atoms with Gasteiger partial charge >= 0.3 is 0 Å². The smallest absolute Gasteiger partial charge is 0.0713 e. The van der Waals surface area contributed by atoms with Crippen LogP contribution >= 0.6 is 0 Å². The molecule has 0 heterocycles. The molecule has 6 aromatic carbocycles. The SMILES string of the molecule is C[Si](C)([Si](c1ccccc1)(c1ccccc1)c1ccccc1)[Si](c1ccccc1)(c1ccccc1)c1ccccc1. The van der Waals surface area contributed by atoms with Gasteiger partial charge in [0.2, 0.25) is 0 Å². The normalized spacial score (nSPS) is 12.1. The van der Waals surface area contributed by atoms with Gasteiger partial charge in [0.15, 0.2) is 0 Å². The molecule has 0 aliphatic heterocycles. The third kappa shape index (κ3) is 4.32. The Labute approximate surface area is 247 Å². The molecule has 0 aliphatic carbocycles. The van der Waals surface area contributed by atoms with Crippen molar-refractivity contribution in [3.05, 3.63) is 182 Å². The number of rotatable bonds is 8. The highest BCUT2D eigenvalue weighted by Crippen LogP contribution is 2.30. The van der Waals surface area contributed by atoms with E-state index >= 15 is 0 Å². The summed E-state index contributed by atoms with van der Waals surface area (Å²) in [4.78, 5) is 0. The molecular weight excluding hydrogens is 541 g/mol. The molecule has 41 heavy (non-hydrogen) atoms. The van der Waals surface area contributed by atoms with Crippen molar-refractivity contribution < 1.29 is 0 Å². The first-order valence-corrected chi connectivity index (χ1v) is 23.5. The zero-order valence-corrected chi connectivity index (χ0v) is 26.8. The van der Waals surface area contributed by atoms with E-state index in [2.05, 4.69) is 195 Å². The molecule has 0 atom stereocenters. The molecule has 0 bridgehead atoms. The van der Waals surface area contributed by atoms with Gasteiger partial charge in [0.1, 0.15) is 15.2 Å². The zero-order valence-electron chi connectivity index (χ0n) is 23.8. The summed E-state index contributed by atoms with van der Waals surface area (Å²) in [6.07, 6.45) is 0. The van der Waals surface area contributed by atoms with Gasteiger partial charge in [0.05, 0.1) is 7.11 Å². The molecule has 0 unspecified atom stereocenters. The minimum atomic E-state index is -2.63. The quantitative estimate of drug-likeness (QED) is 0.173. The molecule has 6 rings (SSSR count). The Bertz CT molecular complexity index is 1350. The van der Waals surface area contributed by atoms with Crippen molar-refractivity contribution in [2.45, 2.75) is 13.1 Å². The van der Waals surface area contributed by atoms with Crippen molar-refractivity contribution in [3.8, 4) is 0 Å². The van der Waals surface area contributed by atoms with Gasteiger partial charge in [-0.1, -0.05) is 226 Å². The van der Waals surface area contributed by atoms with Crippen LogP contribution in [0.2, 0.25) is 13.1 Å². The van der Waals surface area contributed by atoms with Crippen LogP contribution < -0.4 is 31.1 Å². The third-order valence-corrected chi connectivity index (χ3v) is 43.3. The molecular formula is C38H36Si3. The molecule has 0 nitrogen and oxygen atoms in total. The van der Waals surface area contributed by atoms with Gasteiger partial charge in [-0.25, -0.2) is 0 Å². The average molecular weight is 577 g/mol. The third-order valence-electron chi connectivity index (χ3n) is 9.12. The van der Waals surface area contributed by atoms with E-state index in [-0.39, 0.29) is 0 Å². The molecule has 200 valence electrons. The minimum absolute atomic E-state index is 1.51. The summed E-state index contributed by atoms with van der Waals surface area (Å²) in [6.45, 7) is 5.48. The minimum Gasteiger partial charge on any atom is -0.0713 e. The predicted molar refractivity (Wildman–Crippen MR) is 185 cm³/mol. The molecule has 0 N–H and O–H groups in total. The summed E-state index contributed by atoms with van der Waals surface area (Å²) in [5.41, 5.74) is 0. The second kappa shape index (κ2) is 11.5. The van der Waals surface area contributed by atoms with Crippen LogP contribution in [0.5, 0.6) is 0 Å². The van der Waals surface area contributed by atoms with E-state index in [0.717, 1.165) is 0 Å². The van der Waals surface area contributed by atoms with Crippen LogP contribution in [0, 0.1) is 0 Å². The summed E-state index contributed by atoms with van der Waals surface area (Å²) in [6, 6.07) is 69.3. The summed E-state index contributed by atoms with van der Waals surface area (Å²) < 4.78 is 0. The van der Waals surface area contributed by atoms with Gasteiger partial charge in [-0.15, -0.1) is 0 Å². The summed E-state index contributed by atoms with van der Waals surface area (Å²) in [5, 5.41) is 9.05. The fourth-order valence-corrected chi connectivity index (χ4v) is 49.2. The van der Waals surface area contributed by atoms with E-state index in [9.17, 15) is 0 Å². The highest BCUT2D eigenvalue weighted by molar-refractivity contribution is 7.82. The fraction of sp³-hybridized carbons (Fsp3) is 0.0526. The van der Waals surface area contributed by atoms with Crippen LogP contribution in [0.4, 0.5) is 0 Å². The Morgan fingerprint density at radius 1 is 0.244 bits per heavy atom. The lowest BCUT2D eigenvalue weighted by Gasteiger charge is -2.55. The average Bonchev–Trinajstić information content (AvgIpc) is 3.05. The van der Waals surface area contributed by atoms with Gasteiger partial charge in [-0.2, -0.15) is 0 Å². The van der Waals surface area contributed by atoms with Crippen LogP contribution in [0.1, 0.15) is 0 Å². The molecule has 0 saturated heterocycles. The topological polar surface area (TPSA) is 0 Å². The lowest BCUT2D eigenvalue weighted by atomic mass is 10.3. The van der Waals surface area contributed by atoms with E-state index < -0.39 is 22.3 Å². The van der Waals surface area contributed by atoms with Crippen LogP contribution in [0.25, 0.3) is 0 Å². The van der Waals surface area contributed by atoms with Gasteiger partial charge in [0.25, 0.3) is 0 Å². The van der Waals surface area contributed by atoms with Crippen molar-refractivity contribution in [1.82, 2.24) is 0 Å². The Morgan fingerprint density at radius 3 is 0.537 bits per heavy atom. The summed E-state index contributed by atoms with van der Waals surface area (Å²) >= 11 is 0. The van der Waals surface area contributed by atoms with E-state index in [1.807, 2.05) is 0 Å². The molecule has 0 fully saturated rings. The lowest BCUT2D eigenvalue weighted by Crippen LogP contribution is -2.95. The van der Waals surface area contributed by atoms with Crippen LogP contribution in [-0.2, 0) is 0 Å². The zero-order chi connectivity index (χ0) is 28.2. The highest BCUT2D eigenvalue weighted by Gasteiger charge is 2.65. The van der Waals surface area contributed by atoms with E-state index in [4.69, 9.17) is 0 Å². The molecule has 3 heteroatoms. The molecule has 0 saturated carbocycles. The summed E-state index contributed by atoms with van der Waals surface area (Å²) in [7, 11) is -7.70.